The van der Waals surface area contributed by atoms with Crippen molar-refractivity contribution in [1.29, 1.82) is 0 Å². The Morgan fingerprint density at radius 3 is 0.902 bits per heavy atom. The molecule has 0 bridgehead atoms. The molecule has 0 aliphatic heterocycles. The number of carboxylic acids is 4. The summed E-state index contributed by atoms with van der Waals surface area (Å²) in [7, 11) is 0. The summed E-state index contributed by atoms with van der Waals surface area (Å²) in [5, 5.41) is 48.2. The molecule has 0 fully saturated rings. The maximum absolute atomic E-state index is 12.5. The first-order valence-electron chi connectivity index (χ1n) is 32.6. The molecule has 0 spiro atoms. The first-order chi connectivity index (χ1) is 48.6. The van der Waals surface area contributed by atoms with Crippen molar-refractivity contribution in [3.8, 4) is 22.3 Å². The third-order valence-electron chi connectivity index (χ3n) is 15.1. The molecule has 10 rings (SSSR count). The van der Waals surface area contributed by atoms with Crippen LogP contribution in [0.5, 0.6) is 0 Å². The molecular weight excluding hydrogens is 1560 g/mol. The van der Waals surface area contributed by atoms with Gasteiger partial charge in [-0.25, -0.2) is 0 Å². The first kappa shape index (κ1) is 80.1. The van der Waals surface area contributed by atoms with Gasteiger partial charge in [-0.15, -0.1) is 0 Å². The van der Waals surface area contributed by atoms with Crippen molar-refractivity contribution in [2.45, 2.75) is 123 Å². The molecule has 0 radical (unpaired) electrons. The van der Waals surface area contributed by atoms with Crippen molar-refractivity contribution in [2.75, 3.05) is 13.2 Å². The molecule has 8 aromatic rings. The number of rotatable bonds is 24. The number of benzene rings is 8. The fourth-order valence-corrected chi connectivity index (χ4v) is 18.9. The van der Waals surface area contributed by atoms with Crippen molar-refractivity contribution in [3.63, 3.8) is 0 Å². The van der Waals surface area contributed by atoms with E-state index in [1.807, 2.05) is 208 Å². The minimum absolute atomic E-state index is 0.0146. The average molecular weight is 1650 g/mol. The Balaban J connectivity index is 0.000000194. The van der Waals surface area contributed by atoms with Gasteiger partial charge in [-0.2, -0.15) is 0 Å². The molecule has 4 amide bonds. The molecule has 24 heteroatoms. The first-order valence-corrected chi connectivity index (χ1v) is 40.4. The summed E-state index contributed by atoms with van der Waals surface area (Å²) >= 11 is -0.222. The fraction of sp³-hybridized carbons (Fsp3) is 0.282. The molecular formula is C78H84N4O16Se4. The second kappa shape index (κ2) is 39.3. The SMILES string of the molecule is CC(C)(C)OC(=O)N[C@@H](C[Se]c1ccccc1)C(=O)O.C[C@H]([Se]c1ccccc1)C(NC(=O)OC(C)(C)C)C(=O)O.C[C@H]([Se]c1ccccc1)C(NC(=O)OCC1c2ccccc2-c2ccccc21)C(=O)O.O=C(N[C@@H](C[Se]c1ccccc1)C(=O)O)OCC1c2ccccc2-c2ccccc21. The summed E-state index contributed by atoms with van der Waals surface area (Å²) < 4.78 is 25.5. The van der Waals surface area contributed by atoms with Crippen molar-refractivity contribution in [2.24, 2.45) is 0 Å². The Morgan fingerprint density at radius 1 is 0.353 bits per heavy atom. The van der Waals surface area contributed by atoms with Crippen LogP contribution >= 0.6 is 0 Å². The van der Waals surface area contributed by atoms with Gasteiger partial charge in [0.15, 0.2) is 0 Å². The van der Waals surface area contributed by atoms with Gasteiger partial charge in [0.2, 0.25) is 0 Å². The number of aliphatic carboxylic acids is 4. The molecule has 8 aromatic carbocycles. The molecule has 20 nitrogen and oxygen atoms in total. The van der Waals surface area contributed by atoms with Gasteiger partial charge in [0.1, 0.15) is 0 Å². The average Bonchev–Trinajstić information content (AvgIpc) is 1.62. The molecule has 0 aromatic heterocycles. The fourth-order valence-electron chi connectivity index (χ4n) is 10.5. The molecule has 0 heterocycles. The van der Waals surface area contributed by atoms with Crippen LogP contribution in [0.15, 0.2) is 218 Å². The Bertz CT molecular complexity index is 4000. The number of hydrogen-bond acceptors (Lipinski definition) is 12. The zero-order valence-corrected chi connectivity index (χ0v) is 64.4. The van der Waals surface area contributed by atoms with E-state index >= 15 is 0 Å². The van der Waals surface area contributed by atoms with Crippen LogP contribution in [-0.4, -0.2) is 177 Å². The van der Waals surface area contributed by atoms with Gasteiger partial charge in [0.25, 0.3) is 0 Å². The van der Waals surface area contributed by atoms with Gasteiger partial charge in [-0.3, -0.25) is 0 Å². The van der Waals surface area contributed by atoms with E-state index in [0.29, 0.717) is 10.6 Å². The van der Waals surface area contributed by atoms with Crippen LogP contribution in [-0.2, 0) is 38.1 Å². The summed E-state index contributed by atoms with van der Waals surface area (Å²) in [6.45, 7) is 14.4. The molecule has 102 heavy (non-hydrogen) atoms. The van der Waals surface area contributed by atoms with E-state index in [-0.39, 0.29) is 94.5 Å². The van der Waals surface area contributed by atoms with Gasteiger partial charge in [0.05, 0.1) is 0 Å². The number of hydrogen-bond donors (Lipinski definition) is 8. The van der Waals surface area contributed by atoms with Crippen LogP contribution in [0.4, 0.5) is 19.2 Å². The summed E-state index contributed by atoms with van der Waals surface area (Å²) in [5.74, 6) is -4.33. The summed E-state index contributed by atoms with van der Waals surface area (Å²) in [5.41, 5.74) is 7.77. The van der Waals surface area contributed by atoms with Crippen molar-refractivity contribution in [1.82, 2.24) is 21.3 Å². The standard InChI is InChI=1S/C25H23NO4Se.C24H21NO4Se.C15H21NO4Se.C14H19NO4Se/c1-16(31-17-9-3-2-4-10-17)23(24(27)28)26-25(29)30-15-22-20-13-7-5-11-18(20)19-12-6-8-14-21(19)22;26-23(27)22(15-30-16-8-2-1-3-9-16)25-24(28)29-14-21-19-12-6-4-10-17(19)18-11-5-7-13-20(18)21;1-10(21-11-8-6-5-7-9-11)12(13(17)18)16-14(19)20-15(2,3)4;1-14(2,3)19-13(18)15-11(12(16)17)9-20-10-7-5-4-6-8-10/h2-14,16,22-23H,15H2,1H3,(H,26,29)(H,27,28);1-13,21-22H,14-15H2,(H,25,28)(H,26,27);5-10,12H,1-4H3,(H,16,19)(H,17,18);4-8,11H,9H2,1-3H3,(H,15,18)(H,16,17)/t16-,23?;22-;10-,12?;11-/m0000/s1. The van der Waals surface area contributed by atoms with Crippen LogP contribution in [0.3, 0.4) is 0 Å². The molecule has 0 saturated heterocycles. The summed E-state index contributed by atoms with van der Waals surface area (Å²) in [6.07, 6.45) is -2.81. The third-order valence-corrected chi connectivity index (χ3v) is 24.8. The predicted molar refractivity (Wildman–Crippen MR) is 397 cm³/mol. The molecule has 0 saturated carbocycles. The van der Waals surface area contributed by atoms with Crippen LogP contribution in [0.2, 0.25) is 20.3 Å². The molecule has 536 valence electrons. The van der Waals surface area contributed by atoms with Gasteiger partial charge >= 0.3 is 624 Å². The van der Waals surface area contributed by atoms with Gasteiger partial charge in [0, 0.05) is 0 Å². The number of carbonyl (C=O) groups excluding carboxylic acids is 4. The molecule has 2 aliphatic carbocycles. The molecule has 8 N–H and O–H groups in total. The monoisotopic (exact) mass is 1650 g/mol. The predicted octanol–water partition coefficient (Wildman–Crippen LogP) is 10.5. The van der Waals surface area contributed by atoms with Gasteiger partial charge in [-0.1, -0.05) is 0 Å². The zero-order chi connectivity index (χ0) is 73.9. The normalized spacial score (nSPS) is 13.6. The molecule has 6 atom stereocenters. The number of carbonyl (C=O) groups is 8. The topological polar surface area (TPSA) is 303 Å². The van der Waals surface area contributed by atoms with Crippen molar-refractivity contribution in [3.05, 3.63) is 241 Å². The van der Waals surface area contributed by atoms with E-state index in [1.165, 1.54) is 0 Å². The van der Waals surface area contributed by atoms with Crippen LogP contribution in [0, 0.1) is 0 Å². The van der Waals surface area contributed by atoms with Crippen LogP contribution in [0.1, 0.15) is 89.5 Å². The van der Waals surface area contributed by atoms with E-state index in [9.17, 15) is 53.7 Å². The van der Waals surface area contributed by atoms with Crippen LogP contribution in [0.25, 0.3) is 22.3 Å². The second-order valence-electron chi connectivity index (χ2n) is 25.2. The van der Waals surface area contributed by atoms with E-state index < -0.39 is 83.6 Å². The number of fused-ring (bicyclic) bond motifs is 6. The van der Waals surface area contributed by atoms with Crippen molar-refractivity contribution >= 4 is 126 Å². The van der Waals surface area contributed by atoms with Crippen LogP contribution < -0.4 is 39.1 Å². The summed E-state index contributed by atoms with van der Waals surface area (Å²) in [4.78, 5) is 93.7. The number of ether oxygens (including phenoxy) is 4. The van der Waals surface area contributed by atoms with E-state index in [0.717, 1.165) is 62.4 Å². The Morgan fingerprint density at radius 2 is 0.608 bits per heavy atom. The zero-order valence-electron chi connectivity index (χ0n) is 57.6. The number of amides is 4. The van der Waals surface area contributed by atoms with E-state index in [4.69, 9.17) is 24.1 Å². The second-order valence-corrected chi connectivity index (χ2v) is 35.8. The molecule has 2 aliphatic rings. The van der Waals surface area contributed by atoms with Gasteiger partial charge in [-0.05, 0) is 0 Å². The third kappa shape index (κ3) is 25.7. The van der Waals surface area contributed by atoms with E-state index in [1.54, 1.807) is 41.5 Å². The Kier molecular flexibility index (Phi) is 30.9. The van der Waals surface area contributed by atoms with Crippen molar-refractivity contribution < 1.29 is 77.7 Å². The number of alkyl carbamates (subject to hydrolysis) is 4. The summed E-state index contributed by atoms with van der Waals surface area (Å²) in [6, 6.07) is 67.2. The Hall–Kier alpha value is -9.20. The Labute approximate surface area is 619 Å². The van der Waals surface area contributed by atoms with E-state index in [2.05, 4.69) is 45.5 Å². The maximum atomic E-state index is 12.5. The number of carboxylic acid groups (broad SMARTS) is 4. The number of nitrogens with one attached hydrogen (secondary N) is 4. The molecule has 2 unspecified atom stereocenters. The minimum atomic E-state index is -1.06. The quantitative estimate of drug-likeness (QED) is 0.0206. The van der Waals surface area contributed by atoms with Gasteiger partial charge < -0.3 is 0 Å².